The van der Waals surface area contributed by atoms with Gasteiger partial charge < -0.3 is 33.8 Å². The predicted molar refractivity (Wildman–Crippen MR) is 349 cm³/mol. The second kappa shape index (κ2) is 60.3. The average molecular weight is 1280 g/mol. The van der Waals surface area contributed by atoms with Crippen LogP contribution in [0.4, 0.5) is 0 Å². The highest BCUT2D eigenvalue weighted by Gasteiger charge is 2.30. The number of carbonyl (C=O) groups is 4. The van der Waals surface area contributed by atoms with Crippen molar-refractivity contribution in [3.63, 3.8) is 0 Å². The van der Waals surface area contributed by atoms with Gasteiger partial charge >= 0.3 is 39.5 Å². The number of ether oxygens (including phenoxy) is 4. The number of hydrogen-bond acceptors (Lipinski definition) is 15. The Morgan fingerprint density at radius 2 is 0.586 bits per heavy atom. The quantitative estimate of drug-likeness (QED) is 0.0222. The van der Waals surface area contributed by atoms with E-state index in [-0.39, 0.29) is 25.7 Å². The van der Waals surface area contributed by atoms with Gasteiger partial charge in [0.15, 0.2) is 12.2 Å². The number of phosphoric acid groups is 2. The minimum absolute atomic E-state index is 0.106. The van der Waals surface area contributed by atoms with Crippen LogP contribution in [0.15, 0.2) is 0 Å². The molecule has 3 N–H and O–H groups in total. The third-order valence-corrected chi connectivity index (χ3v) is 18.0. The fourth-order valence-corrected chi connectivity index (χ4v) is 11.8. The summed E-state index contributed by atoms with van der Waals surface area (Å²) in [7, 11) is -9.89. The van der Waals surface area contributed by atoms with Crippen molar-refractivity contribution in [1.82, 2.24) is 0 Å². The molecule has 0 aromatic heterocycles. The zero-order valence-corrected chi connectivity index (χ0v) is 58.1. The van der Waals surface area contributed by atoms with E-state index in [0.717, 1.165) is 108 Å². The standard InChI is InChI=1S/C68H132O17P2/c1-7-10-12-14-16-18-20-28-34-40-46-52-67(72)84-63(56-78-65(70)50-44-38-32-17-15-13-11-8-2)58-82-86(74,75)80-54-62(69)55-81-87(76,77)83-59-64(85-68(73)53-47-41-35-29-22-19-21-25-30-36-42-48-60(4)5)57-79-66(71)51-45-39-33-27-24-23-26-31-37-43-49-61(6)9-3/h60-64,69H,7-59H2,1-6H3,(H,74,75)(H,76,77)/t61?,62-,63+,64+/m0/s1. The van der Waals surface area contributed by atoms with Crippen LogP contribution in [0.2, 0.25) is 0 Å². The summed E-state index contributed by atoms with van der Waals surface area (Å²) in [4.78, 5) is 72.4. The lowest BCUT2D eigenvalue weighted by Crippen LogP contribution is -2.30. The predicted octanol–water partition coefficient (Wildman–Crippen LogP) is 19.2. The van der Waals surface area contributed by atoms with Gasteiger partial charge in [-0.15, -0.1) is 0 Å². The molecule has 0 spiro atoms. The van der Waals surface area contributed by atoms with E-state index in [9.17, 15) is 43.2 Å². The normalized spacial score (nSPS) is 14.5. The van der Waals surface area contributed by atoms with E-state index in [1.165, 1.54) is 154 Å². The summed E-state index contributed by atoms with van der Waals surface area (Å²) in [5.74, 6) is -0.554. The zero-order valence-electron chi connectivity index (χ0n) is 56.3. The van der Waals surface area contributed by atoms with Gasteiger partial charge in [-0.05, 0) is 37.5 Å². The zero-order chi connectivity index (χ0) is 64.3. The Bertz CT molecular complexity index is 1700. The molecule has 0 heterocycles. The molecular formula is C68H132O17P2. The maximum atomic E-state index is 13.0. The number of unbranched alkanes of at least 4 members (excludes halogenated alkanes) is 36. The summed E-state index contributed by atoms with van der Waals surface area (Å²) in [6, 6.07) is 0. The van der Waals surface area contributed by atoms with Gasteiger partial charge in [0.05, 0.1) is 26.4 Å². The monoisotopic (exact) mass is 1280 g/mol. The van der Waals surface area contributed by atoms with Crippen molar-refractivity contribution in [3.05, 3.63) is 0 Å². The van der Waals surface area contributed by atoms with Gasteiger partial charge in [-0.2, -0.15) is 0 Å². The maximum absolute atomic E-state index is 13.0. The summed E-state index contributed by atoms with van der Waals surface area (Å²) in [5, 5.41) is 10.6. The van der Waals surface area contributed by atoms with E-state index in [4.69, 9.17) is 37.0 Å². The highest BCUT2D eigenvalue weighted by molar-refractivity contribution is 7.47. The van der Waals surface area contributed by atoms with Crippen molar-refractivity contribution in [1.29, 1.82) is 0 Å². The lowest BCUT2D eigenvalue weighted by atomic mass is 9.99. The van der Waals surface area contributed by atoms with Gasteiger partial charge in [0.1, 0.15) is 19.3 Å². The topological polar surface area (TPSA) is 237 Å². The van der Waals surface area contributed by atoms with Gasteiger partial charge in [0.25, 0.3) is 0 Å². The molecule has 0 saturated carbocycles. The van der Waals surface area contributed by atoms with Crippen molar-refractivity contribution in [2.75, 3.05) is 39.6 Å². The van der Waals surface area contributed by atoms with Crippen LogP contribution < -0.4 is 0 Å². The third-order valence-electron chi connectivity index (χ3n) is 16.1. The molecule has 0 aromatic carbocycles. The van der Waals surface area contributed by atoms with Crippen molar-refractivity contribution in [3.8, 4) is 0 Å². The van der Waals surface area contributed by atoms with E-state index < -0.39 is 97.5 Å². The molecule has 3 unspecified atom stereocenters. The second-order valence-electron chi connectivity index (χ2n) is 25.3. The molecule has 0 fully saturated rings. The van der Waals surface area contributed by atoms with Gasteiger partial charge in [0, 0.05) is 25.7 Å². The van der Waals surface area contributed by atoms with Crippen LogP contribution in [-0.4, -0.2) is 96.7 Å². The number of rotatable bonds is 67. The van der Waals surface area contributed by atoms with Crippen molar-refractivity contribution in [2.24, 2.45) is 11.8 Å². The minimum Gasteiger partial charge on any atom is -0.462 e. The van der Waals surface area contributed by atoms with Crippen LogP contribution in [0.25, 0.3) is 0 Å². The molecule has 0 radical (unpaired) electrons. The van der Waals surface area contributed by atoms with Crippen LogP contribution in [0, 0.1) is 11.8 Å². The van der Waals surface area contributed by atoms with Crippen molar-refractivity contribution >= 4 is 39.5 Å². The SMILES string of the molecule is CCCCCCCCCCCCCC(=O)O[C@H](COC(=O)CCCCCCCCCC)COP(=O)(O)OC[C@H](O)COP(=O)(O)OC[C@@H](COC(=O)CCCCCCCCCCCCC(C)CC)OC(=O)CCCCCCCCCCCCCC(C)C. The fraction of sp³-hybridized carbons (Fsp3) is 0.941. The smallest absolute Gasteiger partial charge is 0.462 e. The molecule has 19 heteroatoms. The molecule has 0 aliphatic rings. The number of carbonyl (C=O) groups excluding carboxylic acids is 4. The van der Waals surface area contributed by atoms with Crippen LogP contribution in [0.1, 0.15) is 343 Å². The summed E-state index contributed by atoms with van der Waals surface area (Å²) in [6.07, 6.45) is 44.3. The van der Waals surface area contributed by atoms with E-state index in [0.29, 0.717) is 25.7 Å². The van der Waals surface area contributed by atoms with E-state index in [1.54, 1.807) is 0 Å². The van der Waals surface area contributed by atoms with E-state index in [2.05, 4.69) is 41.5 Å². The molecule has 0 amide bonds. The van der Waals surface area contributed by atoms with Gasteiger partial charge in [-0.3, -0.25) is 37.3 Å². The first kappa shape index (κ1) is 85.1. The third kappa shape index (κ3) is 61.3. The van der Waals surface area contributed by atoms with E-state index >= 15 is 0 Å². The second-order valence-corrected chi connectivity index (χ2v) is 28.2. The largest absolute Gasteiger partial charge is 0.472 e. The van der Waals surface area contributed by atoms with Gasteiger partial charge in [0.2, 0.25) is 0 Å². The average Bonchev–Trinajstić information content (AvgIpc) is 3.71. The van der Waals surface area contributed by atoms with Crippen LogP contribution >= 0.6 is 15.6 Å². The molecule has 0 aliphatic heterocycles. The first-order valence-electron chi connectivity index (χ1n) is 35.5. The van der Waals surface area contributed by atoms with Crippen molar-refractivity contribution < 1.29 is 80.2 Å². The summed E-state index contributed by atoms with van der Waals surface area (Å²) >= 11 is 0. The Labute approximate surface area is 530 Å². The van der Waals surface area contributed by atoms with Gasteiger partial charge in [-0.25, -0.2) is 9.13 Å². The van der Waals surface area contributed by atoms with Crippen LogP contribution in [-0.2, 0) is 65.4 Å². The fourth-order valence-electron chi connectivity index (χ4n) is 10.2. The Kier molecular flexibility index (Phi) is 59.0. The minimum atomic E-state index is -4.95. The highest BCUT2D eigenvalue weighted by Crippen LogP contribution is 2.45. The summed E-state index contributed by atoms with van der Waals surface area (Å²) < 4.78 is 68.1. The number of hydrogen-bond donors (Lipinski definition) is 3. The van der Waals surface area contributed by atoms with Crippen molar-refractivity contribution in [2.45, 2.75) is 362 Å². The highest BCUT2D eigenvalue weighted by atomic mass is 31.2. The molecule has 0 rings (SSSR count). The maximum Gasteiger partial charge on any atom is 0.472 e. The molecule has 516 valence electrons. The molecule has 87 heavy (non-hydrogen) atoms. The molecule has 0 aromatic rings. The van der Waals surface area contributed by atoms with E-state index in [1.807, 2.05) is 0 Å². The molecule has 6 atom stereocenters. The molecule has 0 bridgehead atoms. The summed E-state index contributed by atoms with van der Waals surface area (Å²) in [6.45, 7) is 9.53. The molecule has 0 aliphatic carbocycles. The Hall–Kier alpha value is -1.94. The number of aliphatic hydroxyl groups excluding tert-OH is 1. The Morgan fingerprint density at radius 3 is 0.874 bits per heavy atom. The first-order chi connectivity index (χ1) is 41.9. The van der Waals surface area contributed by atoms with Crippen LogP contribution in [0.5, 0.6) is 0 Å². The number of esters is 4. The Morgan fingerprint density at radius 1 is 0.333 bits per heavy atom. The molecular weight excluding hydrogens is 1150 g/mol. The van der Waals surface area contributed by atoms with Gasteiger partial charge in [-0.1, -0.05) is 292 Å². The first-order valence-corrected chi connectivity index (χ1v) is 38.5. The Balaban J connectivity index is 5.23. The lowest BCUT2D eigenvalue weighted by Gasteiger charge is -2.21. The lowest BCUT2D eigenvalue weighted by molar-refractivity contribution is -0.161. The van der Waals surface area contributed by atoms with Crippen LogP contribution in [0.3, 0.4) is 0 Å². The summed E-state index contributed by atoms with van der Waals surface area (Å²) in [5.41, 5.74) is 0. The number of phosphoric ester groups is 2. The number of aliphatic hydroxyl groups is 1. The molecule has 0 saturated heterocycles. The molecule has 17 nitrogen and oxygen atoms in total.